The molecule has 0 radical (unpaired) electrons. The van der Waals surface area contributed by atoms with Crippen LogP contribution in [0.15, 0.2) is 24.3 Å². The maximum atomic E-state index is 10.9. The molecule has 0 aromatic heterocycles. The van der Waals surface area contributed by atoms with E-state index in [0.29, 0.717) is 0 Å². The fraction of sp³-hybridized carbons (Fsp3) is 0.600. The first-order chi connectivity index (χ1) is 13.8. The van der Waals surface area contributed by atoms with Crippen LogP contribution in [0.4, 0.5) is 5.69 Å². The molecular weight excluding hydrogens is 378 g/mol. The summed E-state index contributed by atoms with van der Waals surface area (Å²) in [5.41, 5.74) is 1.23. The van der Waals surface area contributed by atoms with E-state index < -0.39 is 11.9 Å². The zero-order valence-electron chi connectivity index (χ0n) is 16.7. The van der Waals surface area contributed by atoms with Crippen LogP contribution in [0, 0.1) is 16.0 Å². The molecule has 0 amide bonds. The SMILES string of the molecule is CC1CCC(N2CCN(Cc3cccc([N+](=O)[O-])c3)CC2)CC1.O=C(O)C(=O)O. The molecule has 1 saturated heterocycles. The van der Waals surface area contributed by atoms with Crippen LogP contribution in [0.5, 0.6) is 0 Å². The van der Waals surface area contributed by atoms with Crippen molar-refractivity contribution >= 4 is 17.6 Å². The van der Waals surface area contributed by atoms with Gasteiger partial charge in [-0.3, -0.25) is 19.9 Å². The van der Waals surface area contributed by atoms with E-state index in [0.717, 1.165) is 50.2 Å². The third kappa shape index (κ3) is 7.43. The fourth-order valence-electron chi connectivity index (χ4n) is 3.92. The lowest BCUT2D eigenvalue weighted by Crippen LogP contribution is -2.50. The van der Waals surface area contributed by atoms with Crippen molar-refractivity contribution in [1.29, 1.82) is 0 Å². The van der Waals surface area contributed by atoms with E-state index in [9.17, 15) is 10.1 Å². The molecule has 1 aromatic rings. The van der Waals surface area contributed by atoms with Gasteiger partial charge in [-0.1, -0.05) is 19.1 Å². The Balaban J connectivity index is 0.000000438. The van der Waals surface area contributed by atoms with Gasteiger partial charge in [-0.25, -0.2) is 9.59 Å². The molecule has 0 unspecified atom stereocenters. The van der Waals surface area contributed by atoms with E-state index in [4.69, 9.17) is 19.8 Å². The second-order valence-electron chi connectivity index (χ2n) is 7.76. The number of rotatable bonds is 4. The van der Waals surface area contributed by atoms with Crippen LogP contribution in [-0.4, -0.2) is 69.1 Å². The average Bonchev–Trinajstić information content (AvgIpc) is 2.70. The number of nitro benzene ring substituents is 1. The standard InChI is InChI=1S/C18H27N3O2.C2H2O4/c1-15-5-7-17(8-6-15)20-11-9-19(10-12-20)14-16-3-2-4-18(13-16)21(22)23;3-1(4)2(5)6/h2-4,13,15,17H,5-12,14H2,1H3;(H,3,4)(H,5,6). The van der Waals surface area contributed by atoms with Crippen molar-refractivity contribution in [2.75, 3.05) is 26.2 Å². The summed E-state index contributed by atoms with van der Waals surface area (Å²) in [7, 11) is 0. The summed E-state index contributed by atoms with van der Waals surface area (Å²) < 4.78 is 0. The van der Waals surface area contributed by atoms with Gasteiger partial charge in [0.25, 0.3) is 5.69 Å². The average molecular weight is 407 g/mol. The predicted molar refractivity (Wildman–Crippen MR) is 107 cm³/mol. The molecule has 0 bridgehead atoms. The van der Waals surface area contributed by atoms with Crippen molar-refractivity contribution in [3.63, 3.8) is 0 Å². The summed E-state index contributed by atoms with van der Waals surface area (Å²) in [5.74, 6) is -2.74. The molecule has 29 heavy (non-hydrogen) atoms. The lowest BCUT2D eigenvalue weighted by atomic mass is 9.86. The van der Waals surface area contributed by atoms with Gasteiger partial charge in [-0.05, 0) is 37.2 Å². The number of nitro groups is 1. The van der Waals surface area contributed by atoms with Gasteiger partial charge in [-0.15, -0.1) is 0 Å². The van der Waals surface area contributed by atoms with E-state index >= 15 is 0 Å². The number of nitrogens with zero attached hydrogens (tertiary/aromatic N) is 3. The van der Waals surface area contributed by atoms with Gasteiger partial charge in [0, 0.05) is 50.9 Å². The molecule has 1 aliphatic carbocycles. The van der Waals surface area contributed by atoms with Crippen LogP contribution in [-0.2, 0) is 16.1 Å². The Kier molecular flexibility index (Phi) is 8.53. The third-order valence-corrected chi connectivity index (χ3v) is 5.62. The number of aliphatic carboxylic acids is 2. The highest BCUT2D eigenvalue weighted by Gasteiger charge is 2.27. The van der Waals surface area contributed by atoms with Gasteiger partial charge in [0.1, 0.15) is 0 Å². The fourth-order valence-corrected chi connectivity index (χ4v) is 3.92. The molecule has 160 valence electrons. The number of non-ortho nitro benzene ring substituents is 1. The predicted octanol–water partition coefficient (Wildman–Crippen LogP) is 2.45. The van der Waals surface area contributed by atoms with E-state index in [1.807, 2.05) is 6.07 Å². The minimum absolute atomic E-state index is 0.192. The summed E-state index contributed by atoms with van der Waals surface area (Å²) >= 11 is 0. The van der Waals surface area contributed by atoms with Crippen molar-refractivity contribution in [3.05, 3.63) is 39.9 Å². The topological polar surface area (TPSA) is 124 Å². The maximum absolute atomic E-state index is 10.9. The number of benzene rings is 1. The second kappa shape index (κ2) is 10.9. The van der Waals surface area contributed by atoms with Crippen molar-refractivity contribution in [2.45, 2.75) is 45.2 Å². The largest absolute Gasteiger partial charge is 0.473 e. The summed E-state index contributed by atoms with van der Waals surface area (Å²) in [5, 5.41) is 25.7. The first-order valence-corrected chi connectivity index (χ1v) is 9.92. The molecule has 0 atom stereocenters. The van der Waals surface area contributed by atoms with Gasteiger partial charge >= 0.3 is 11.9 Å². The van der Waals surface area contributed by atoms with Crippen LogP contribution in [0.25, 0.3) is 0 Å². The van der Waals surface area contributed by atoms with Gasteiger partial charge < -0.3 is 10.2 Å². The molecule has 2 aliphatic rings. The van der Waals surface area contributed by atoms with E-state index in [1.54, 1.807) is 18.2 Å². The van der Waals surface area contributed by atoms with Crippen molar-refractivity contribution in [2.24, 2.45) is 5.92 Å². The lowest BCUT2D eigenvalue weighted by Gasteiger charge is -2.41. The van der Waals surface area contributed by atoms with E-state index in [2.05, 4.69) is 16.7 Å². The Hall–Kier alpha value is -2.52. The highest BCUT2D eigenvalue weighted by Crippen LogP contribution is 2.28. The normalized spacial score (nSPS) is 22.9. The molecule has 2 N–H and O–H groups in total. The lowest BCUT2D eigenvalue weighted by molar-refractivity contribution is -0.384. The monoisotopic (exact) mass is 407 g/mol. The van der Waals surface area contributed by atoms with E-state index in [1.165, 1.54) is 25.7 Å². The van der Waals surface area contributed by atoms with Crippen LogP contribution in [0.2, 0.25) is 0 Å². The van der Waals surface area contributed by atoms with Crippen molar-refractivity contribution < 1.29 is 24.7 Å². The molecule has 1 aliphatic heterocycles. The Morgan fingerprint density at radius 1 is 1.07 bits per heavy atom. The highest BCUT2D eigenvalue weighted by atomic mass is 16.6. The highest BCUT2D eigenvalue weighted by molar-refractivity contribution is 6.27. The molecule has 9 nitrogen and oxygen atoms in total. The number of hydrogen-bond donors (Lipinski definition) is 2. The number of carboxylic acids is 2. The number of piperazine rings is 1. The number of carboxylic acid groups (broad SMARTS) is 2. The third-order valence-electron chi connectivity index (χ3n) is 5.62. The molecule has 1 saturated carbocycles. The maximum Gasteiger partial charge on any atom is 0.414 e. The zero-order valence-corrected chi connectivity index (χ0v) is 16.7. The minimum atomic E-state index is -1.82. The smallest absolute Gasteiger partial charge is 0.414 e. The molecule has 1 heterocycles. The first kappa shape index (κ1) is 22.8. The van der Waals surface area contributed by atoms with Gasteiger partial charge in [0.15, 0.2) is 0 Å². The molecular formula is C20H29N3O6. The Morgan fingerprint density at radius 3 is 2.17 bits per heavy atom. The van der Waals surface area contributed by atoms with Gasteiger partial charge in [0.2, 0.25) is 0 Å². The van der Waals surface area contributed by atoms with Gasteiger partial charge in [0.05, 0.1) is 4.92 Å². The summed E-state index contributed by atoms with van der Waals surface area (Å²) in [6, 6.07) is 7.82. The Labute approximate surface area is 170 Å². The molecule has 1 aromatic carbocycles. The van der Waals surface area contributed by atoms with Crippen LogP contribution in [0.3, 0.4) is 0 Å². The quantitative estimate of drug-likeness (QED) is 0.443. The summed E-state index contributed by atoms with van der Waals surface area (Å²) in [6.07, 6.45) is 5.45. The van der Waals surface area contributed by atoms with E-state index in [-0.39, 0.29) is 10.6 Å². The Bertz CT molecular complexity index is 698. The zero-order chi connectivity index (χ0) is 21.4. The molecule has 3 rings (SSSR count). The van der Waals surface area contributed by atoms with Gasteiger partial charge in [-0.2, -0.15) is 0 Å². The van der Waals surface area contributed by atoms with Crippen molar-refractivity contribution in [3.8, 4) is 0 Å². The Morgan fingerprint density at radius 2 is 1.66 bits per heavy atom. The first-order valence-electron chi connectivity index (χ1n) is 9.92. The second-order valence-corrected chi connectivity index (χ2v) is 7.76. The minimum Gasteiger partial charge on any atom is -0.473 e. The molecule has 2 fully saturated rings. The number of carbonyl (C=O) groups is 2. The summed E-state index contributed by atoms with van der Waals surface area (Å²) in [4.78, 5) is 33.8. The van der Waals surface area contributed by atoms with Crippen LogP contribution >= 0.6 is 0 Å². The van der Waals surface area contributed by atoms with Crippen LogP contribution in [0.1, 0.15) is 38.2 Å². The van der Waals surface area contributed by atoms with Crippen LogP contribution < -0.4 is 0 Å². The van der Waals surface area contributed by atoms with Crippen molar-refractivity contribution in [1.82, 2.24) is 9.80 Å². The molecule has 9 heteroatoms. The number of hydrogen-bond acceptors (Lipinski definition) is 6. The molecule has 0 spiro atoms. The summed E-state index contributed by atoms with van der Waals surface area (Å²) in [6.45, 7) is 7.58.